The highest BCUT2D eigenvalue weighted by atomic mass is 16.3. The zero-order valence-electron chi connectivity index (χ0n) is 8.83. The van der Waals surface area contributed by atoms with Crippen molar-refractivity contribution in [2.75, 3.05) is 0 Å². The van der Waals surface area contributed by atoms with Crippen molar-refractivity contribution >= 4 is 0 Å². The summed E-state index contributed by atoms with van der Waals surface area (Å²) in [4.78, 5) is 0. The minimum Gasteiger partial charge on any atom is -0.468 e. The van der Waals surface area contributed by atoms with Gasteiger partial charge in [0.15, 0.2) is 0 Å². The van der Waals surface area contributed by atoms with Crippen molar-refractivity contribution < 1.29 is 4.42 Å². The van der Waals surface area contributed by atoms with Crippen LogP contribution in [0.1, 0.15) is 38.4 Å². The van der Waals surface area contributed by atoms with Crippen LogP contribution in [-0.2, 0) is 6.54 Å². The van der Waals surface area contributed by atoms with Gasteiger partial charge in [-0.05, 0) is 37.3 Å². The van der Waals surface area contributed by atoms with E-state index < -0.39 is 0 Å². The molecular formula is C12H19NO. The second-order valence-corrected chi connectivity index (χ2v) is 4.24. The largest absolute Gasteiger partial charge is 0.468 e. The van der Waals surface area contributed by atoms with Crippen LogP contribution in [0.5, 0.6) is 0 Å². The Labute approximate surface area is 85.7 Å². The molecule has 0 aliphatic heterocycles. The normalized spacial score (nSPS) is 26.9. The maximum Gasteiger partial charge on any atom is 0.117 e. The maximum atomic E-state index is 5.28. The number of furan rings is 1. The lowest BCUT2D eigenvalue weighted by atomic mass is 10.1. The molecule has 1 N–H and O–H groups in total. The first-order valence-electron chi connectivity index (χ1n) is 5.64. The summed E-state index contributed by atoms with van der Waals surface area (Å²) in [7, 11) is 0. The summed E-state index contributed by atoms with van der Waals surface area (Å²) in [6, 6.07) is 4.68. The third-order valence-electron chi connectivity index (χ3n) is 3.26. The summed E-state index contributed by atoms with van der Waals surface area (Å²) < 4.78 is 5.28. The van der Waals surface area contributed by atoms with Gasteiger partial charge in [0.1, 0.15) is 5.76 Å². The third kappa shape index (κ3) is 2.38. The first-order chi connectivity index (χ1) is 6.88. The van der Waals surface area contributed by atoms with Crippen LogP contribution in [0.3, 0.4) is 0 Å². The number of rotatable bonds is 4. The zero-order chi connectivity index (χ0) is 9.80. The lowest BCUT2D eigenvalue weighted by Crippen LogP contribution is -2.25. The van der Waals surface area contributed by atoms with Crippen LogP contribution in [-0.4, -0.2) is 6.04 Å². The molecular weight excluding hydrogens is 174 g/mol. The fourth-order valence-electron chi connectivity index (χ4n) is 2.29. The maximum absolute atomic E-state index is 5.28. The van der Waals surface area contributed by atoms with E-state index >= 15 is 0 Å². The van der Waals surface area contributed by atoms with Gasteiger partial charge in [0.05, 0.1) is 12.8 Å². The zero-order valence-corrected chi connectivity index (χ0v) is 8.83. The van der Waals surface area contributed by atoms with Crippen molar-refractivity contribution in [3.63, 3.8) is 0 Å². The SMILES string of the molecule is CCC1CCC(NCc2ccco2)C1. The van der Waals surface area contributed by atoms with E-state index in [0.717, 1.165) is 18.2 Å². The first-order valence-corrected chi connectivity index (χ1v) is 5.64. The second kappa shape index (κ2) is 4.65. The van der Waals surface area contributed by atoms with Crippen molar-refractivity contribution in [1.29, 1.82) is 0 Å². The van der Waals surface area contributed by atoms with Crippen LogP contribution in [0.15, 0.2) is 22.8 Å². The Morgan fingerprint density at radius 1 is 1.50 bits per heavy atom. The summed E-state index contributed by atoms with van der Waals surface area (Å²) in [5.74, 6) is 1.99. The lowest BCUT2D eigenvalue weighted by Gasteiger charge is -2.11. The fourth-order valence-corrected chi connectivity index (χ4v) is 2.29. The quantitative estimate of drug-likeness (QED) is 0.795. The summed E-state index contributed by atoms with van der Waals surface area (Å²) in [6.45, 7) is 3.17. The van der Waals surface area contributed by atoms with E-state index in [2.05, 4.69) is 12.2 Å². The Bertz CT molecular complexity index is 255. The number of hydrogen-bond acceptors (Lipinski definition) is 2. The number of nitrogens with one attached hydrogen (secondary N) is 1. The molecule has 1 heterocycles. The Kier molecular flexibility index (Phi) is 3.25. The van der Waals surface area contributed by atoms with Crippen LogP contribution in [0.25, 0.3) is 0 Å². The van der Waals surface area contributed by atoms with E-state index in [4.69, 9.17) is 4.42 Å². The minimum atomic E-state index is 0.713. The number of hydrogen-bond donors (Lipinski definition) is 1. The molecule has 1 aromatic rings. The van der Waals surface area contributed by atoms with Crippen molar-refractivity contribution in [2.24, 2.45) is 5.92 Å². The standard InChI is InChI=1S/C12H19NO/c1-2-10-5-6-11(8-10)13-9-12-4-3-7-14-12/h3-4,7,10-11,13H,2,5-6,8-9H2,1H3. The van der Waals surface area contributed by atoms with E-state index in [-0.39, 0.29) is 0 Å². The molecule has 0 amide bonds. The molecule has 2 atom stereocenters. The van der Waals surface area contributed by atoms with Gasteiger partial charge < -0.3 is 9.73 Å². The van der Waals surface area contributed by atoms with Gasteiger partial charge in [-0.25, -0.2) is 0 Å². The van der Waals surface area contributed by atoms with Crippen molar-refractivity contribution in [1.82, 2.24) is 5.32 Å². The first kappa shape index (κ1) is 9.78. The Morgan fingerprint density at radius 3 is 3.07 bits per heavy atom. The van der Waals surface area contributed by atoms with Gasteiger partial charge in [-0.1, -0.05) is 13.3 Å². The molecule has 0 bridgehead atoms. The molecule has 0 aromatic carbocycles. The van der Waals surface area contributed by atoms with Gasteiger partial charge in [0.25, 0.3) is 0 Å². The third-order valence-corrected chi connectivity index (χ3v) is 3.26. The summed E-state index contributed by atoms with van der Waals surface area (Å²) in [6.07, 6.45) is 7.14. The van der Waals surface area contributed by atoms with Crippen molar-refractivity contribution in [3.8, 4) is 0 Å². The van der Waals surface area contributed by atoms with E-state index in [1.165, 1.54) is 25.7 Å². The highest BCUT2D eigenvalue weighted by molar-refractivity contribution is 4.98. The Morgan fingerprint density at radius 2 is 2.43 bits per heavy atom. The van der Waals surface area contributed by atoms with Crippen LogP contribution < -0.4 is 5.32 Å². The molecule has 0 saturated heterocycles. The summed E-state index contributed by atoms with van der Waals surface area (Å²) in [5.41, 5.74) is 0. The molecule has 2 heteroatoms. The summed E-state index contributed by atoms with van der Waals surface area (Å²) >= 11 is 0. The molecule has 2 unspecified atom stereocenters. The van der Waals surface area contributed by atoms with Gasteiger partial charge in [0, 0.05) is 6.04 Å². The predicted octanol–water partition coefficient (Wildman–Crippen LogP) is 2.95. The van der Waals surface area contributed by atoms with E-state index in [1.807, 2.05) is 12.1 Å². The predicted molar refractivity (Wildman–Crippen MR) is 57.0 cm³/mol. The molecule has 78 valence electrons. The van der Waals surface area contributed by atoms with Gasteiger partial charge in [-0.15, -0.1) is 0 Å². The minimum absolute atomic E-state index is 0.713. The second-order valence-electron chi connectivity index (χ2n) is 4.24. The molecule has 2 nitrogen and oxygen atoms in total. The average molecular weight is 193 g/mol. The molecule has 0 radical (unpaired) electrons. The highest BCUT2D eigenvalue weighted by Gasteiger charge is 2.22. The van der Waals surface area contributed by atoms with E-state index in [0.29, 0.717) is 6.04 Å². The van der Waals surface area contributed by atoms with E-state index in [1.54, 1.807) is 6.26 Å². The molecule has 1 fully saturated rings. The van der Waals surface area contributed by atoms with Gasteiger partial charge in [-0.3, -0.25) is 0 Å². The molecule has 1 saturated carbocycles. The molecule has 0 spiro atoms. The van der Waals surface area contributed by atoms with Crippen molar-refractivity contribution in [2.45, 2.75) is 45.2 Å². The molecule has 14 heavy (non-hydrogen) atoms. The van der Waals surface area contributed by atoms with Gasteiger partial charge >= 0.3 is 0 Å². The van der Waals surface area contributed by atoms with Crippen LogP contribution >= 0.6 is 0 Å². The van der Waals surface area contributed by atoms with Crippen LogP contribution in [0.2, 0.25) is 0 Å². The van der Waals surface area contributed by atoms with Crippen LogP contribution in [0.4, 0.5) is 0 Å². The average Bonchev–Trinajstić information content (AvgIpc) is 2.86. The Hall–Kier alpha value is -0.760. The smallest absolute Gasteiger partial charge is 0.117 e. The van der Waals surface area contributed by atoms with Gasteiger partial charge in [-0.2, -0.15) is 0 Å². The van der Waals surface area contributed by atoms with Crippen LogP contribution in [0, 0.1) is 5.92 Å². The Balaban J connectivity index is 1.72. The molecule has 1 aliphatic rings. The molecule has 1 aromatic heterocycles. The van der Waals surface area contributed by atoms with Crippen molar-refractivity contribution in [3.05, 3.63) is 24.2 Å². The van der Waals surface area contributed by atoms with Gasteiger partial charge in [0.2, 0.25) is 0 Å². The molecule has 2 rings (SSSR count). The topological polar surface area (TPSA) is 25.2 Å². The molecule has 1 aliphatic carbocycles. The van der Waals surface area contributed by atoms with E-state index in [9.17, 15) is 0 Å². The lowest BCUT2D eigenvalue weighted by molar-refractivity contribution is 0.433. The monoisotopic (exact) mass is 193 g/mol. The summed E-state index contributed by atoms with van der Waals surface area (Å²) in [5, 5.41) is 3.55. The fraction of sp³-hybridized carbons (Fsp3) is 0.667. The highest BCUT2D eigenvalue weighted by Crippen LogP contribution is 2.27.